The lowest BCUT2D eigenvalue weighted by Crippen LogP contribution is -2.42. The van der Waals surface area contributed by atoms with Crippen LogP contribution in [0.1, 0.15) is 18.5 Å². The Hall–Kier alpha value is -1.62. The van der Waals surface area contributed by atoms with E-state index in [1.54, 1.807) is 6.21 Å². The fourth-order valence-corrected chi connectivity index (χ4v) is 3.12. The maximum Gasteiger partial charge on any atom is 0.187 e. The molecule has 2 aliphatic rings. The highest BCUT2D eigenvalue weighted by Crippen LogP contribution is 2.38. The number of fused-ring (bicyclic) bond motifs is 2. The van der Waals surface area contributed by atoms with Gasteiger partial charge in [0, 0.05) is 19.3 Å². The molecular weight excluding hydrogens is 256 g/mol. The summed E-state index contributed by atoms with van der Waals surface area (Å²) in [4.78, 5) is 0. The second-order valence-electron chi connectivity index (χ2n) is 5.27. The molecule has 2 N–H and O–H groups in total. The highest BCUT2D eigenvalue weighted by Gasteiger charge is 2.35. The summed E-state index contributed by atoms with van der Waals surface area (Å²) in [6.07, 6.45) is 10.8. The van der Waals surface area contributed by atoms with Crippen molar-refractivity contribution in [1.82, 2.24) is 15.3 Å². The molecule has 3 rings (SSSR count). The molecule has 0 amide bonds. The monoisotopic (exact) mass is 274 g/mol. The molecule has 100 valence electrons. The number of nitrogens with one attached hydrogen (secondary N) is 2. The van der Waals surface area contributed by atoms with Crippen molar-refractivity contribution in [2.45, 2.75) is 18.9 Å². The van der Waals surface area contributed by atoms with E-state index in [0.717, 1.165) is 11.6 Å². The van der Waals surface area contributed by atoms with Crippen LogP contribution < -0.4 is 10.7 Å². The Bertz CT molecular complexity index is 531. The summed E-state index contributed by atoms with van der Waals surface area (Å²) in [5, 5.41) is 8.12. The molecule has 2 bridgehead atoms. The standard InChI is InChI=1S/C14H18N4S/c1-18-6-2-3-12(18)9-15-17-14(19)16-13-8-10-4-5-11(13)7-10/h2-6,9-11,13H,7-8H2,1H3,(H2,16,17,19)/b15-9+. The lowest BCUT2D eigenvalue weighted by atomic mass is 10.0. The highest BCUT2D eigenvalue weighted by atomic mass is 32.1. The number of aryl methyl sites for hydroxylation is 1. The van der Waals surface area contributed by atoms with Crippen molar-refractivity contribution in [3.05, 3.63) is 36.2 Å². The second-order valence-corrected chi connectivity index (χ2v) is 5.68. The van der Waals surface area contributed by atoms with Crippen LogP contribution >= 0.6 is 12.2 Å². The van der Waals surface area contributed by atoms with Crippen molar-refractivity contribution in [1.29, 1.82) is 0 Å². The van der Waals surface area contributed by atoms with Gasteiger partial charge in [0.25, 0.3) is 0 Å². The lowest BCUT2D eigenvalue weighted by molar-refractivity contribution is 0.521. The number of allylic oxidation sites excluding steroid dienone is 1. The molecule has 1 saturated carbocycles. The first-order chi connectivity index (χ1) is 9.22. The minimum Gasteiger partial charge on any atom is -0.358 e. The molecule has 5 heteroatoms. The van der Waals surface area contributed by atoms with Gasteiger partial charge < -0.3 is 9.88 Å². The van der Waals surface area contributed by atoms with E-state index in [1.165, 1.54) is 12.8 Å². The molecule has 3 atom stereocenters. The minimum absolute atomic E-state index is 0.472. The third kappa shape index (κ3) is 2.71. The van der Waals surface area contributed by atoms with E-state index in [-0.39, 0.29) is 0 Å². The van der Waals surface area contributed by atoms with Crippen LogP contribution in [0.2, 0.25) is 0 Å². The van der Waals surface area contributed by atoms with Crippen LogP contribution in [0.15, 0.2) is 35.6 Å². The maximum absolute atomic E-state index is 5.27. The van der Waals surface area contributed by atoms with E-state index in [0.29, 0.717) is 17.1 Å². The number of thiocarbonyl (C=S) groups is 1. The Kier molecular flexibility index (Phi) is 3.38. The number of hydrogen-bond donors (Lipinski definition) is 2. The van der Waals surface area contributed by atoms with Crippen molar-refractivity contribution < 1.29 is 0 Å². The number of aromatic nitrogens is 1. The van der Waals surface area contributed by atoms with Crippen LogP contribution in [0.25, 0.3) is 0 Å². The minimum atomic E-state index is 0.472. The summed E-state index contributed by atoms with van der Waals surface area (Å²) >= 11 is 5.27. The van der Waals surface area contributed by atoms with E-state index in [1.807, 2.05) is 29.9 Å². The molecule has 1 fully saturated rings. The second kappa shape index (κ2) is 5.17. The van der Waals surface area contributed by atoms with Gasteiger partial charge >= 0.3 is 0 Å². The first kappa shape index (κ1) is 12.4. The van der Waals surface area contributed by atoms with Gasteiger partial charge in [-0.05, 0) is 49.0 Å². The fraction of sp³-hybridized carbons (Fsp3) is 0.429. The van der Waals surface area contributed by atoms with Crippen LogP contribution in [-0.4, -0.2) is 21.9 Å². The zero-order chi connectivity index (χ0) is 13.2. The summed E-state index contributed by atoms with van der Waals surface area (Å²) < 4.78 is 2.00. The van der Waals surface area contributed by atoms with Crippen LogP contribution in [0.3, 0.4) is 0 Å². The van der Waals surface area contributed by atoms with Gasteiger partial charge in [-0.1, -0.05) is 12.2 Å². The molecular formula is C14H18N4S. The zero-order valence-electron chi connectivity index (χ0n) is 10.9. The zero-order valence-corrected chi connectivity index (χ0v) is 11.7. The van der Waals surface area contributed by atoms with Crippen molar-refractivity contribution in [2.24, 2.45) is 24.0 Å². The predicted molar refractivity (Wildman–Crippen MR) is 81.0 cm³/mol. The number of hydrazone groups is 1. The Balaban J connectivity index is 1.48. The van der Waals surface area contributed by atoms with Crippen molar-refractivity contribution >= 4 is 23.5 Å². The fourth-order valence-electron chi connectivity index (χ4n) is 2.91. The normalized spacial score (nSPS) is 28.2. The molecule has 0 aliphatic heterocycles. The van der Waals surface area contributed by atoms with Gasteiger partial charge in [0.15, 0.2) is 5.11 Å². The van der Waals surface area contributed by atoms with E-state index >= 15 is 0 Å². The molecule has 3 unspecified atom stereocenters. The molecule has 19 heavy (non-hydrogen) atoms. The average Bonchev–Trinajstić information content (AvgIpc) is 3.07. The molecule has 1 heterocycles. The Labute approximate surface area is 118 Å². The lowest BCUT2D eigenvalue weighted by Gasteiger charge is -2.20. The van der Waals surface area contributed by atoms with E-state index in [2.05, 4.69) is 28.0 Å². The molecule has 4 nitrogen and oxygen atoms in total. The number of nitrogens with zero attached hydrogens (tertiary/aromatic N) is 2. The number of hydrogen-bond acceptors (Lipinski definition) is 2. The Morgan fingerprint density at radius 3 is 3.00 bits per heavy atom. The largest absolute Gasteiger partial charge is 0.358 e. The van der Waals surface area contributed by atoms with E-state index < -0.39 is 0 Å². The molecule has 1 aromatic rings. The Morgan fingerprint density at radius 2 is 2.37 bits per heavy atom. The highest BCUT2D eigenvalue weighted by molar-refractivity contribution is 7.80. The third-order valence-electron chi connectivity index (χ3n) is 3.94. The van der Waals surface area contributed by atoms with Crippen LogP contribution in [0.5, 0.6) is 0 Å². The quantitative estimate of drug-likeness (QED) is 0.382. The van der Waals surface area contributed by atoms with Gasteiger partial charge in [0.2, 0.25) is 0 Å². The maximum atomic E-state index is 5.27. The summed E-state index contributed by atoms with van der Waals surface area (Å²) in [7, 11) is 1.99. The predicted octanol–water partition coefficient (Wildman–Crippen LogP) is 1.79. The summed E-state index contributed by atoms with van der Waals surface area (Å²) in [6.45, 7) is 0. The van der Waals surface area contributed by atoms with Crippen molar-refractivity contribution in [2.75, 3.05) is 0 Å². The van der Waals surface area contributed by atoms with Gasteiger partial charge in [-0.2, -0.15) is 5.10 Å². The number of rotatable bonds is 3. The summed E-state index contributed by atoms with van der Waals surface area (Å²) in [5.41, 5.74) is 3.93. The molecule has 0 aromatic carbocycles. The van der Waals surface area contributed by atoms with Crippen LogP contribution in [0, 0.1) is 11.8 Å². The van der Waals surface area contributed by atoms with Crippen molar-refractivity contribution in [3.63, 3.8) is 0 Å². The van der Waals surface area contributed by atoms with Gasteiger partial charge in [-0.25, -0.2) is 0 Å². The molecule has 1 aromatic heterocycles. The molecule has 0 spiro atoms. The summed E-state index contributed by atoms with van der Waals surface area (Å²) in [6, 6.07) is 4.46. The smallest absolute Gasteiger partial charge is 0.187 e. The van der Waals surface area contributed by atoms with Crippen LogP contribution in [-0.2, 0) is 7.05 Å². The Morgan fingerprint density at radius 1 is 1.47 bits per heavy atom. The third-order valence-corrected chi connectivity index (χ3v) is 4.15. The van der Waals surface area contributed by atoms with Gasteiger partial charge in [-0.15, -0.1) is 0 Å². The molecule has 0 radical (unpaired) electrons. The molecule has 0 saturated heterocycles. The van der Waals surface area contributed by atoms with Gasteiger partial charge in [0.1, 0.15) is 0 Å². The van der Waals surface area contributed by atoms with Gasteiger partial charge in [-0.3, -0.25) is 5.43 Å². The van der Waals surface area contributed by atoms with Crippen molar-refractivity contribution in [3.8, 4) is 0 Å². The first-order valence-electron chi connectivity index (χ1n) is 6.61. The summed E-state index contributed by atoms with van der Waals surface area (Å²) in [5.74, 6) is 1.39. The molecule has 2 aliphatic carbocycles. The topological polar surface area (TPSA) is 41.4 Å². The van der Waals surface area contributed by atoms with E-state index in [4.69, 9.17) is 12.2 Å². The van der Waals surface area contributed by atoms with Gasteiger partial charge in [0.05, 0.1) is 11.9 Å². The van der Waals surface area contributed by atoms with E-state index in [9.17, 15) is 0 Å². The first-order valence-corrected chi connectivity index (χ1v) is 7.02. The van der Waals surface area contributed by atoms with Crippen LogP contribution in [0.4, 0.5) is 0 Å². The average molecular weight is 274 g/mol. The SMILES string of the molecule is Cn1cccc1/C=N/NC(=S)NC1CC2C=CC1C2.